The van der Waals surface area contributed by atoms with Crippen LogP contribution in [0.4, 0.5) is 0 Å². The number of hydrogen-bond donors (Lipinski definition) is 0. The van der Waals surface area contributed by atoms with Crippen molar-refractivity contribution < 1.29 is 0 Å². The summed E-state index contributed by atoms with van der Waals surface area (Å²) >= 11 is 0. The van der Waals surface area contributed by atoms with Crippen LogP contribution in [0.2, 0.25) is 0 Å². The van der Waals surface area contributed by atoms with E-state index in [4.69, 9.17) is 0 Å². The predicted molar refractivity (Wildman–Crippen MR) is 45.4 cm³/mol. The van der Waals surface area contributed by atoms with Gasteiger partial charge in [0.25, 0.3) is 0 Å². The summed E-state index contributed by atoms with van der Waals surface area (Å²) in [7, 11) is 0. The topological polar surface area (TPSA) is 3.24 Å². The second-order valence-corrected chi connectivity index (χ2v) is 4.61. The van der Waals surface area contributed by atoms with Crippen molar-refractivity contribution in [1.29, 1.82) is 0 Å². The predicted octanol–water partition coefficient (Wildman–Crippen LogP) is 1.88. The van der Waals surface area contributed by atoms with Gasteiger partial charge in [-0.3, -0.25) is 0 Å². The van der Waals surface area contributed by atoms with E-state index in [9.17, 15) is 0 Å². The summed E-state index contributed by atoms with van der Waals surface area (Å²) in [6, 6.07) is 1.02. The van der Waals surface area contributed by atoms with Crippen LogP contribution in [-0.2, 0) is 0 Å². The Hall–Kier alpha value is -0.0400. The molecule has 0 bridgehead atoms. The van der Waals surface area contributed by atoms with Crippen LogP contribution >= 0.6 is 0 Å². The Morgan fingerprint density at radius 2 is 2.36 bits per heavy atom. The van der Waals surface area contributed by atoms with Gasteiger partial charge in [-0.2, -0.15) is 0 Å². The molecule has 1 heteroatoms. The maximum absolute atomic E-state index is 2.72. The molecule has 2 aliphatic carbocycles. The SMILES string of the molecule is CCN1CCC2CC23CCC13. The first-order valence-electron chi connectivity index (χ1n) is 5.11. The maximum atomic E-state index is 2.72. The normalized spacial score (nSPS) is 54.3. The van der Waals surface area contributed by atoms with Gasteiger partial charge in [-0.05, 0) is 50.1 Å². The van der Waals surface area contributed by atoms with Gasteiger partial charge in [-0.1, -0.05) is 6.92 Å². The van der Waals surface area contributed by atoms with E-state index in [2.05, 4.69) is 11.8 Å². The van der Waals surface area contributed by atoms with Crippen LogP contribution < -0.4 is 0 Å². The number of rotatable bonds is 1. The summed E-state index contributed by atoms with van der Waals surface area (Å²) in [4.78, 5) is 2.72. The van der Waals surface area contributed by atoms with E-state index in [1.165, 1.54) is 25.9 Å². The van der Waals surface area contributed by atoms with Gasteiger partial charge >= 0.3 is 0 Å². The summed E-state index contributed by atoms with van der Waals surface area (Å²) in [6.45, 7) is 5.00. The highest BCUT2D eigenvalue weighted by Gasteiger charge is 2.66. The molecule has 0 aromatic heterocycles. The van der Waals surface area contributed by atoms with Crippen LogP contribution in [0, 0.1) is 11.3 Å². The van der Waals surface area contributed by atoms with Crippen molar-refractivity contribution in [2.45, 2.75) is 38.6 Å². The van der Waals surface area contributed by atoms with Crippen molar-refractivity contribution in [3.05, 3.63) is 0 Å². The highest BCUT2D eigenvalue weighted by Crippen LogP contribution is 2.69. The lowest BCUT2D eigenvalue weighted by molar-refractivity contribution is 0.00777. The second kappa shape index (κ2) is 1.82. The van der Waals surface area contributed by atoms with Crippen molar-refractivity contribution in [3.63, 3.8) is 0 Å². The van der Waals surface area contributed by atoms with Crippen LogP contribution in [0.5, 0.6) is 0 Å². The van der Waals surface area contributed by atoms with Crippen molar-refractivity contribution in [1.82, 2.24) is 4.90 Å². The molecule has 0 aromatic carbocycles. The van der Waals surface area contributed by atoms with Crippen molar-refractivity contribution >= 4 is 0 Å². The second-order valence-electron chi connectivity index (χ2n) is 4.61. The number of likely N-dealkylation sites (tertiary alicyclic amines) is 1. The molecule has 1 spiro atoms. The van der Waals surface area contributed by atoms with E-state index in [1.54, 1.807) is 12.8 Å². The molecule has 0 radical (unpaired) electrons. The summed E-state index contributed by atoms with van der Waals surface area (Å²) in [5.41, 5.74) is 0.883. The molecule has 3 rings (SSSR count). The van der Waals surface area contributed by atoms with E-state index in [0.717, 1.165) is 17.4 Å². The zero-order valence-corrected chi connectivity index (χ0v) is 7.34. The van der Waals surface area contributed by atoms with E-state index >= 15 is 0 Å². The molecule has 1 nitrogen and oxygen atoms in total. The third-order valence-electron chi connectivity index (χ3n) is 4.44. The molecule has 1 heterocycles. The van der Waals surface area contributed by atoms with Crippen LogP contribution in [0.3, 0.4) is 0 Å². The lowest BCUT2D eigenvalue weighted by atomic mass is 9.71. The highest BCUT2D eigenvalue weighted by atomic mass is 15.2. The minimum absolute atomic E-state index is 0.883. The molecule has 0 aromatic rings. The van der Waals surface area contributed by atoms with E-state index in [0.29, 0.717) is 0 Å². The van der Waals surface area contributed by atoms with E-state index in [-0.39, 0.29) is 0 Å². The molecule has 62 valence electrons. The van der Waals surface area contributed by atoms with Crippen LogP contribution in [0.15, 0.2) is 0 Å². The minimum atomic E-state index is 0.883. The standard InChI is InChI=1S/C10H17N/c1-2-11-6-4-8-7-10(8)5-3-9(10)11/h8-9H,2-7H2,1H3. The van der Waals surface area contributed by atoms with Gasteiger partial charge < -0.3 is 4.90 Å². The Morgan fingerprint density at radius 3 is 3.00 bits per heavy atom. The fourth-order valence-corrected chi connectivity index (χ4v) is 3.55. The molecule has 3 aliphatic rings. The number of hydrogen-bond acceptors (Lipinski definition) is 1. The van der Waals surface area contributed by atoms with Gasteiger partial charge in [-0.15, -0.1) is 0 Å². The number of piperidine rings is 1. The smallest absolute Gasteiger partial charge is 0.0155 e. The van der Waals surface area contributed by atoms with Gasteiger partial charge in [0.2, 0.25) is 0 Å². The summed E-state index contributed by atoms with van der Waals surface area (Å²) < 4.78 is 0. The lowest BCUT2D eigenvalue weighted by Crippen LogP contribution is -2.52. The van der Waals surface area contributed by atoms with Crippen molar-refractivity contribution in [2.24, 2.45) is 11.3 Å². The van der Waals surface area contributed by atoms with Crippen LogP contribution in [0.1, 0.15) is 32.6 Å². The molecule has 0 N–H and O–H groups in total. The molecule has 1 aliphatic heterocycles. The third kappa shape index (κ3) is 0.618. The summed E-state index contributed by atoms with van der Waals surface area (Å²) in [6.07, 6.45) is 6.14. The highest BCUT2D eigenvalue weighted by molar-refractivity contribution is 5.18. The molecule has 11 heavy (non-hydrogen) atoms. The third-order valence-corrected chi connectivity index (χ3v) is 4.44. The van der Waals surface area contributed by atoms with Gasteiger partial charge in [0, 0.05) is 6.04 Å². The Morgan fingerprint density at radius 1 is 1.45 bits per heavy atom. The molecular formula is C10H17N. The average molecular weight is 151 g/mol. The first-order valence-corrected chi connectivity index (χ1v) is 5.11. The minimum Gasteiger partial charge on any atom is -0.300 e. The Labute approximate surface area is 68.8 Å². The molecule has 3 atom stereocenters. The molecule has 3 unspecified atom stereocenters. The first kappa shape index (κ1) is 6.47. The van der Waals surface area contributed by atoms with Gasteiger partial charge in [-0.25, -0.2) is 0 Å². The summed E-state index contributed by atoms with van der Waals surface area (Å²) in [5.74, 6) is 1.16. The number of nitrogens with zero attached hydrogens (tertiary/aromatic N) is 1. The Bertz CT molecular complexity index is 189. The Kier molecular flexibility index (Phi) is 1.07. The van der Waals surface area contributed by atoms with E-state index < -0.39 is 0 Å². The largest absolute Gasteiger partial charge is 0.300 e. The fraction of sp³-hybridized carbons (Fsp3) is 1.00. The average Bonchev–Trinajstić information content (AvgIpc) is 2.71. The van der Waals surface area contributed by atoms with Crippen molar-refractivity contribution in [3.8, 4) is 0 Å². The lowest BCUT2D eigenvalue weighted by Gasteiger charge is -2.49. The van der Waals surface area contributed by atoms with E-state index in [1.807, 2.05) is 0 Å². The zero-order valence-electron chi connectivity index (χ0n) is 7.34. The molecule has 3 fully saturated rings. The van der Waals surface area contributed by atoms with Crippen LogP contribution in [0.25, 0.3) is 0 Å². The molecule has 0 amide bonds. The molecule has 1 saturated heterocycles. The quantitative estimate of drug-likeness (QED) is 0.553. The summed E-state index contributed by atoms with van der Waals surface area (Å²) in [5, 5.41) is 0. The van der Waals surface area contributed by atoms with Gasteiger partial charge in [0.1, 0.15) is 0 Å². The first-order chi connectivity index (χ1) is 5.37. The molecular weight excluding hydrogens is 134 g/mol. The zero-order chi connectivity index (χ0) is 7.47. The maximum Gasteiger partial charge on any atom is 0.0155 e. The molecule has 2 saturated carbocycles. The van der Waals surface area contributed by atoms with Crippen LogP contribution in [-0.4, -0.2) is 24.0 Å². The monoisotopic (exact) mass is 151 g/mol. The van der Waals surface area contributed by atoms with Crippen molar-refractivity contribution in [2.75, 3.05) is 13.1 Å². The Balaban J connectivity index is 1.82. The van der Waals surface area contributed by atoms with Gasteiger partial charge in [0.05, 0.1) is 0 Å². The fourth-order valence-electron chi connectivity index (χ4n) is 3.55. The van der Waals surface area contributed by atoms with Gasteiger partial charge in [0.15, 0.2) is 0 Å².